The molecule has 1 heterocycles. The van der Waals surface area contributed by atoms with Gasteiger partial charge < -0.3 is 20.9 Å². The smallest absolute Gasteiger partial charge is 0.122 e. The van der Waals surface area contributed by atoms with E-state index in [0.29, 0.717) is 18.3 Å². The average molecular weight is 222 g/mol. The Labute approximate surface area is 95.4 Å². The van der Waals surface area contributed by atoms with Crippen LogP contribution in [0.1, 0.15) is 18.4 Å². The Kier molecular flexibility index (Phi) is 3.64. The number of nitrogen functional groups attached to an aromatic ring is 1. The molecule has 4 N–H and O–H groups in total. The Bertz CT molecular complexity index is 329. The van der Waals surface area contributed by atoms with Crippen LogP contribution in [-0.2, 0) is 11.3 Å². The standard InChI is InChI=1S/C12H18N2O2/c13-11-4-1-5-12(15)10(11)8-14-7-9-3-2-6-16-9/h1,4-5,9,14-15H,2-3,6-8,13H2. The van der Waals surface area contributed by atoms with Gasteiger partial charge in [0.1, 0.15) is 5.75 Å². The molecule has 0 saturated carbocycles. The van der Waals surface area contributed by atoms with Crippen molar-refractivity contribution in [2.75, 3.05) is 18.9 Å². The molecule has 1 unspecified atom stereocenters. The average Bonchev–Trinajstić information content (AvgIpc) is 2.75. The lowest BCUT2D eigenvalue weighted by Gasteiger charge is -2.12. The van der Waals surface area contributed by atoms with Crippen LogP contribution in [-0.4, -0.2) is 24.4 Å². The molecule has 1 aromatic rings. The first kappa shape index (κ1) is 11.2. The molecule has 1 aromatic carbocycles. The number of rotatable bonds is 4. The molecule has 0 radical (unpaired) electrons. The Morgan fingerprint density at radius 2 is 2.38 bits per heavy atom. The van der Waals surface area contributed by atoms with Crippen molar-refractivity contribution in [2.24, 2.45) is 0 Å². The monoisotopic (exact) mass is 222 g/mol. The van der Waals surface area contributed by atoms with E-state index in [1.54, 1.807) is 18.2 Å². The summed E-state index contributed by atoms with van der Waals surface area (Å²) >= 11 is 0. The fourth-order valence-corrected chi connectivity index (χ4v) is 1.95. The summed E-state index contributed by atoms with van der Waals surface area (Å²) in [6.45, 7) is 2.26. The minimum Gasteiger partial charge on any atom is -0.508 e. The van der Waals surface area contributed by atoms with Gasteiger partial charge in [0.25, 0.3) is 0 Å². The molecule has 88 valence electrons. The second kappa shape index (κ2) is 5.18. The molecule has 2 rings (SSSR count). The maximum absolute atomic E-state index is 9.63. The van der Waals surface area contributed by atoms with Crippen LogP contribution in [0.3, 0.4) is 0 Å². The van der Waals surface area contributed by atoms with E-state index in [4.69, 9.17) is 10.5 Å². The second-order valence-electron chi connectivity index (χ2n) is 4.11. The van der Waals surface area contributed by atoms with Crippen LogP contribution in [0, 0.1) is 0 Å². The predicted molar refractivity (Wildman–Crippen MR) is 63.2 cm³/mol. The molecule has 0 amide bonds. The van der Waals surface area contributed by atoms with Crippen molar-refractivity contribution in [3.05, 3.63) is 23.8 Å². The lowest BCUT2D eigenvalue weighted by atomic mass is 10.1. The summed E-state index contributed by atoms with van der Waals surface area (Å²) in [6, 6.07) is 5.19. The highest BCUT2D eigenvalue weighted by atomic mass is 16.5. The first-order valence-electron chi connectivity index (χ1n) is 5.66. The molecule has 0 aliphatic carbocycles. The highest BCUT2D eigenvalue weighted by Crippen LogP contribution is 2.22. The highest BCUT2D eigenvalue weighted by Gasteiger charge is 2.15. The van der Waals surface area contributed by atoms with Gasteiger partial charge in [0.2, 0.25) is 0 Å². The third-order valence-electron chi connectivity index (χ3n) is 2.89. The SMILES string of the molecule is Nc1cccc(O)c1CNCC1CCCO1. The van der Waals surface area contributed by atoms with Gasteiger partial charge in [-0.15, -0.1) is 0 Å². The van der Waals surface area contributed by atoms with Crippen LogP contribution in [0.15, 0.2) is 18.2 Å². The van der Waals surface area contributed by atoms with Crippen LogP contribution in [0.25, 0.3) is 0 Å². The van der Waals surface area contributed by atoms with Gasteiger partial charge in [-0.2, -0.15) is 0 Å². The molecular formula is C12H18N2O2. The van der Waals surface area contributed by atoms with Gasteiger partial charge in [-0.05, 0) is 25.0 Å². The third kappa shape index (κ3) is 2.65. The number of hydrogen-bond acceptors (Lipinski definition) is 4. The van der Waals surface area contributed by atoms with Gasteiger partial charge in [-0.3, -0.25) is 0 Å². The minimum absolute atomic E-state index is 0.250. The van der Waals surface area contributed by atoms with E-state index >= 15 is 0 Å². The number of aromatic hydroxyl groups is 1. The van der Waals surface area contributed by atoms with Crippen molar-refractivity contribution < 1.29 is 9.84 Å². The van der Waals surface area contributed by atoms with Crippen LogP contribution >= 0.6 is 0 Å². The molecule has 0 bridgehead atoms. The normalized spacial score (nSPS) is 20.1. The van der Waals surface area contributed by atoms with Crippen molar-refractivity contribution in [2.45, 2.75) is 25.5 Å². The summed E-state index contributed by atoms with van der Waals surface area (Å²) in [7, 11) is 0. The highest BCUT2D eigenvalue weighted by molar-refractivity contribution is 5.53. The zero-order valence-corrected chi connectivity index (χ0v) is 9.28. The summed E-state index contributed by atoms with van der Waals surface area (Å²) in [5.74, 6) is 0.250. The number of phenolic OH excluding ortho intramolecular Hbond substituents is 1. The molecule has 1 fully saturated rings. The lowest BCUT2D eigenvalue weighted by molar-refractivity contribution is 0.110. The summed E-state index contributed by atoms with van der Waals surface area (Å²) in [5, 5.41) is 12.9. The summed E-state index contributed by atoms with van der Waals surface area (Å²) in [4.78, 5) is 0. The van der Waals surface area contributed by atoms with Crippen molar-refractivity contribution in [1.29, 1.82) is 0 Å². The van der Waals surface area contributed by atoms with Gasteiger partial charge in [0, 0.05) is 30.9 Å². The van der Waals surface area contributed by atoms with Crippen molar-refractivity contribution >= 4 is 5.69 Å². The number of benzene rings is 1. The number of anilines is 1. The number of hydrogen-bond donors (Lipinski definition) is 3. The minimum atomic E-state index is 0.250. The van der Waals surface area contributed by atoms with Gasteiger partial charge in [-0.25, -0.2) is 0 Å². The van der Waals surface area contributed by atoms with E-state index in [9.17, 15) is 5.11 Å². The van der Waals surface area contributed by atoms with E-state index in [-0.39, 0.29) is 5.75 Å². The molecule has 4 heteroatoms. The number of nitrogens with one attached hydrogen (secondary N) is 1. The van der Waals surface area contributed by atoms with Crippen LogP contribution in [0.5, 0.6) is 5.75 Å². The largest absolute Gasteiger partial charge is 0.508 e. The molecular weight excluding hydrogens is 204 g/mol. The predicted octanol–water partition coefficient (Wildman–Crippen LogP) is 1.24. The van der Waals surface area contributed by atoms with E-state index in [2.05, 4.69) is 5.32 Å². The van der Waals surface area contributed by atoms with Crippen LogP contribution in [0.4, 0.5) is 5.69 Å². The fourth-order valence-electron chi connectivity index (χ4n) is 1.95. The van der Waals surface area contributed by atoms with Gasteiger partial charge >= 0.3 is 0 Å². The molecule has 1 aliphatic rings. The Hall–Kier alpha value is -1.26. The molecule has 0 aromatic heterocycles. The first-order chi connectivity index (χ1) is 7.77. The topological polar surface area (TPSA) is 67.5 Å². The zero-order valence-electron chi connectivity index (χ0n) is 9.28. The zero-order chi connectivity index (χ0) is 11.4. The van der Waals surface area contributed by atoms with E-state index in [0.717, 1.165) is 31.6 Å². The Morgan fingerprint density at radius 3 is 3.06 bits per heavy atom. The lowest BCUT2D eigenvalue weighted by Crippen LogP contribution is -2.26. The van der Waals surface area contributed by atoms with E-state index in [1.807, 2.05) is 0 Å². The van der Waals surface area contributed by atoms with Crippen molar-refractivity contribution in [3.63, 3.8) is 0 Å². The number of ether oxygens (including phenoxy) is 1. The van der Waals surface area contributed by atoms with Crippen LogP contribution in [0.2, 0.25) is 0 Å². The van der Waals surface area contributed by atoms with Gasteiger partial charge in [-0.1, -0.05) is 6.07 Å². The van der Waals surface area contributed by atoms with Gasteiger partial charge in [0.05, 0.1) is 6.10 Å². The summed E-state index contributed by atoms with van der Waals surface area (Å²) in [5.41, 5.74) is 7.17. The van der Waals surface area contributed by atoms with Crippen LogP contribution < -0.4 is 11.1 Å². The molecule has 1 atom stereocenters. The van der Waals surface area contributed by atoms with Crippen molar-refractivity contribution in [1.82, 2.24) is 5.32 Å². The Morgan fingerprint density at radius 1 is 1.50 bits per heavy atom. The molecule has 0 spiro atoms. The second-order valence-corrected chi connectivity index (χ2v) is 4.11. The fraction of sp³-hybridized carbons (Fsp3) is 0.500. The maximum Gasteiger partial charge on any atom is 0.122 e. The first-order valence-corrected chi connectivity index (χ1v) is 5.66. The Balaban J connectivity index is 1.84. The third-order valence-corrected chi connectivity index (χ3v) is 2.89. The molecule has 16 heavy (non-hydrogen) atoms. The summed E-state index contributed by atoms with van der Waals surface area (Å²) < 4.78 is 5.50. The molecule has 1 saturated heterocycles. The molecule has 4 nitrogen and oxygen atoms in total. The maximum atomic E-state index is 9.63. The summed E-state index contributed by atoms with van der Waals surface area (Å²) in [6.07, 6.45) is 2.57. The number of phenols is 1. The van der Waals surface area contributed by atoms with Gasteiger partial charge in [0.15, 0.2) is 0 Å². The van der Waals surface area contributed by atoms with E-state index in [1.165, 1.54) is 0 Å². The molecule has 1 aliphatic heterocycles. The quantitative estimate of drug-likeness (QED) is 0.671. The number of nitrogens with two attached hydrogens (primary N) is 1. The van der Waals surface area contributed by atoms with E-state index < -0.39 is 0 Å². The van der Waals surface area contributed by atoms with Crippen molar-refractivity contribution in [3.8, 4) is 5.75 Å².